The van der Waals surface area contributed by atoms with Crippen molar-refractivity contribution in [1.82, 2.24) is 0 Å². The fraction of sp³-hybridized carbons (Fsp3) is 0.200. The molecule has 19 heavy (non-hydrogen) atoms. The van der Waals surface area contributed by atoms with E-state index in [1.807, 2.05) is 44.2 Å². The summed E-state index contributed by atoms with van der Waals surface area (Å²) in [5.74, 6) is 0.0591. The second-order valence-electron chi connectivity index (χ2n) is 3.59. The first-order chi connectivity index (χ1) is 9.24. The van der Waals surface area contributed by atoms with Crippen LogP contribution in [0.25, 0.3) is 0 Å². The highest BCUT2D eigenvalue weighted by molar-refractivity contribution is 7.85. The predicted octanol–water partition coefficient (Wildman–Crippen LogP) is 4.13. The summed E-state index contributed by atoms with van der Waals surface area (Å²) in [6, 6.07) is 15.5. The maximum absolute atomic E-state index is 12.9. The molecule has 0 amide bonds. The highest BCUT2D eigenvalue weighted by Gasteiger charge is 2.02. The van der Waals surface area contributed by atoms with Crippen LogP contribution in [0.4, 0.5) is 10.1 Å². The summed E-state index contributed by atoms with van der Waals surface area (Å²) in [4.78, 5) is 0. The Morgan fingerprint density at radius 1 is 1.05 bits per heavy atom. The van der Waals surface area contributed by atoms with Crippen molar-refractivity contribution < 1.29 is 8.60 Å². The van der Waals surface area contributed by atoms with Gasteiger partial charge in [-0.05, 0) is 23.8 Å². The second-order valence-corrected chi connectivity index (χ2v) is 4.77. The van der Waals surface area contributed by atoms with Crippen LogP contribution in [-0.2, 0) is 16.7 Å². The highest BCUT2D eigenvalue weighted by atomic mass is 32.2. The number of benzene rings is 2. The summed E-state index contributed by atoms with van der Waals surface area (Å²) in [5.41, 5.74) is 1.51. The summed E-state index contributed by atoms with van der Waals surface area (Å²) in [5, 5.41) is 0. The zero-order valence-corrected chi connectivity index (χ0v) is 11.9. The van der Waals surface area contributed by atoms with Gasteiger partial charge in [0.15, 0.2) is 0 Å². The highest BCUT2D eigenvalue weighted by Crippen LogP contribution is 2.11. The topological polar surface area (TPSA) is 29.1 Å². The molecule has 1 N–H and O–H groups in total. The van der Waals surface area contributed by atoms with Gasteiger partial charge in [-0.3, -0.25) is 0 Å². The second kappa shape index (κ2) is 8.43. The van der Waals surface area contributed by atoms with Crippen molar-refractivity contribution in [3.05, 3.63) is 66.0 Å². The molecular weight excluding hydrogens is 261 g/mol. The molecule has 4 heteroatoms. The van der Waals surface area contributed by atoms with Crippen LogP contribution in [0.5, 0.6) is 0 Å². The average Bonchev–Trinajstić information content (AvgIpc) is 2.42. The molecule has 2 nitrogen and oxygen atoms in total. The molecule has 0 spiro atoms. The summed E-state index contributed by atoms with van der Waals surface area (Å²) >= 11 is 0. The molecule has 2 aromatic carbocycles. The monoisotopic (exact) mass is 279 g/mol. The molecule has 0 saturated carbocycles. The van der Waals surface area contributed by atoms with Gasteiger partial charge in [-0.15, -0.1) is 0 Å². The van der Waals surface area contributed by atoms with Crippen LogP contribution < -0.4 is 4.72 Å². The molecule has 0 aliphatic carbocycles. The van der Waals surface area contributed by atoms with E-state index in [1.165, 1.54) is 12.1 Å². The molecule has 0 bridgehead atoms. The minimum absolute atomic E-state index is 0.341. The molecule has 0 fully saturated rings. The zero-order chi connectivity index (χ0) is 14.1. The standard InChI is InChI=1S/C13H12FNOS.C2H6/c14-12-7-4-8-13(9-12)15-17(16)10-11-5-2-1-3-6-11;1-2/h1-9,15H,10H2;1-2H3. The molecule has 2 aromatic rings. The van der Waals surface area contributed by atoms with E-state index in [0.29, 0.717) is 11.4 Å². The van der Waals surface area contributed by atoms with Crippen molar-refractivity contribution in [2.24, 2.45) is 0 Å². The fourth-order valence-corrected chi connectivity index (χ4v) is 2.40. The fourth-order valence-electron chi connectivity index (χ4n) is 1.45. The molecular formula is C15H18FNOS. The Bertz CT molecular complexity index is 517. The van der Waals surface area contributed by atoms with Crippen LogP contribution in [0.1, 0.15) is 19.4 Å². The van der Waals surface area contributed by atoms with Gasteiger partial charge in [-0.25, -0.2) is 8.60 Å². The van der Waals surface area contributed by atoms with Gasteiger partial charge in [0.05, 0.1) is 5.75 Å². The van der Waals surface area contributed by atoms with Crippen LogP contribution >= 0.6 is 0 Å². The van der Waals surface area contributed by atoms with Gasteiger partial charge in [-0.1, -0.05) is 50.2 Å². The SMILES string of the molecule is CC.O=S(Cc1ccccc1)Nc1cccc(F)c1. The molecule has 0 aromatic heterocycles. The van der Waals surface area contributed by atoms with Crippen molar-refractivity contribution in [2.75, 3.05) is 4.72 Å². The van der Waals surface area contributed by atoms with E-state index in [2.05, 4.69) is 4.72 Å². The Balaban J connectivity index is 0.000000861. The third-order valence-corrected chi connectivity index (χ3v) is 3.26. The van der Waals surface area contributed by atoms with Gasteiger partial charge in [0.2, 0.25) is 0 Å². The van der Waals surface area contributed by atoms with Crippen molar-refractivity contribution in [1.29, 1.82) is 0 Å². The minimum atomic E-state index is -1.25. The molecule has 0 aliphatic rings. The van der Waals surface area contributed by atoms with Crippen molar-refractivity contribution in [2.45, 2.75) is 19.6 Å². The third-order valence-electron chi connectivity index (χ3n) is 2.20. The first-order valence-electron chi connectivity index (χ1n) is 6.18. The zero-order valence-electron chi connectivity index (χ0n) is 11.1. The molecule has 102 valence electrons. The Morgan fingerprint density at radius 2 is 1.74 bits per heavy atom. The van der Waals surface area contributed by atoms with Crippen molar-refractivity contribution in [3.63, 3.8) is 0 Å². The lowest BCUT2D eigenvalue weighted by atomic mass is 10.2. The molecule has 0 heterocycles. The van der Waals surface area contributed by atoms with Crippen LogP contribution in [0.2, 0.25) is 0 Å². The predicted molar refractivity (Wildman–Crippen MR) is 79.7 cm³/mol. The van der Waals surface area contributed by atoms with E-state index in [0.717, 1.165) is 5.56 Å². The largest absolute Gasteiger partial charge is 0.305 e. The van der Waals surface area contributed by atoms with Gasteiger partial charge in [0.25, 0.3) is 0 Å². The number of anilines is 1. The smallest absolute Gasteiger partial charge is 0.125 e. The van der Waals surface area contributed by atoms with E-state index in [-0.39, 0.29) is 5.82 Å². The Labute approximate surface area is 116 Å². The number of hydrogen-bond donors (Lipinski definition) is 1. The number of nitrogens with one attached hydrogen (secondary N) is 1. The number of hydrogen-bond acceptors (Lipinski definition) is 1. The van der Waals surface area contributed by atoms with Crippen LogP contribution in [0, 0.1) is 5.82 Å². The van der Waals surface area contributed by atoms with Crippen molar-refractivity contribution >= 4 is 16.7 Å². The maximum atomic E-state index is 12.9. The average molecular weight is 279 g/mol. The van der Waals surface area contributed by atoms with Gasteiger partial charge >= 0.3 is 0 Å². The Morgan fingerprint density at radius 3 is 2.37 bits per heavy atom. The first kappa shape index (κ1) is 15.4. The quantitative estimate of drug-likeness (QED) is 0.896. The normalized spacial score (nSPS) is 11.1. The molecule has 0 radical (unpaired) electrons. The van der Waals surface area contributed by atoms with Crippen LogP contribution in [-0.4, -0.2) is 4.21 Å². The van der Waals surface area contributed by atoms with E-state index >= 15 is 0 Å². The van der Waals surface area contributed by atoms with E-state index < -0.39 is 11.0 Å². The van der Waals surface area contributed by atoms with Gasteiger partial charge in [-0.2, -0.15) is 0 Å². The summed E-state index contributed by atoms with van der Waals surface area (Å²) in [6.45, 7) is 4.00. The number of rotatable bonds is 4. The summed E-state index contributed by atoms with van der Waals surface area (Å²) in [7, 11) is -1.25. The maximum Gasteiger partial charge on any atom is 0.125 e. The van der Waals surface area contributed by atoms with Crippen LogP contribution in [0.3, 0.4) is 0 Å². The summed E-state index contributed by atoms with van der Waals surface area (Å²) in [6.07, 6.45) is 0. The Hall–Kier alpha value is -1.68. The molecule has 0 aliphatic heterocycles. The molecule has 1 atom stereocenters. The van der Waals surface area contributed by atoms with Crippen molar-refractivity contribution in [3.8, 4) is 0 Å². The third kappa shape index (κ3) is 5.66. The molecule has 1 unspecified atom stereocenters. The Kier molecular flexibility index (Phi) is 6.82. The lowest BCUT2D eigenvalue weighted by Gasteiger charge is -2.06. The lowest BCUT2D eigenvalue weighted by Crippen LogP contribution is -2.06. The first-order valence-corrected chi connectivity index (χ1v) is 7.50. The molecule has 2 rings (SSSR count). The molecule has 0 saturated heterocycles. The summed E-state index contributed by atoms with van der Waals surface area (Å²) < 4.78 is 27.4. The number of halogens is 1. The lowest BCUT2D eigenvalue weighted by molar-refractivity contribution is 0.628. The van der Waals surface area contributed by atoms with E-state index in [4.69, 9.17) is 0 Å². The van der Waals surface area contributed by atoms with Gasteiger partial charge in [0, 0.05) is 5.69 Å². The van der Waals surface area contributed by atoms with Gasteiger partial charge < -0.3 is 4.72 Å². The van der Waals surface area contributed by atoms with Gasteiger partial charge in [0.1, 0.15) is 16.8 Å². The van der Waals surface area contributed by atoms with E-state index in [1.54, 1.807) is 12.1 Å². The minimum Gasteiger partial charge on any atom is -0.305 e. The van der Waals surface area contributed by atoms with E-state index in [9.17, 15) is 8.60 Å². The van der Waals surface area contributed by atoms with Crippen LogP contribution in [0.15, 0.2) is 54.6 Å².